The van der Waals surface area contributed by atoms with Gasteiger partial charge in [-0.3, -0.25) is 4.99 Å². The largest absolute Gasteiger partial charge is 0.496 e. The molecule has 1 aromatic rings. The maximum atomic E-state index is 11.1. The van der Waals surface area contributed by atoms with Crippen molar-refractivity contribution in [2.45, 2.75) is 20.3 Å². The van der Waals surface area contributed by atoms with Crippen LogP contribution < -0.4 is 15.4 Å². The zero-order chi connectivity index (χ0) is 17.3. The molecule has 0 spiro atoms. The van der Waals surface area contributed by atoms with Crippen LogP contribution in [-0.2, 0) is 16.3 Å². The summed E-state index contributed by atoms with van der Waals surface area (Å²) in [5.74, 6) is 1.55. The minimum atomic E-state index is -2.99. The molecule has 0 aromatic heterocycles. The van der Waals surface area contributed by atoms with Gasteiger partial charge in [-0.25, -0.2) is 8.42 Å². The molecule has 0 heterocycles. The lowest BCUT2D eigenvalue weighted by molar-refractivity contribution is 0.409. The fourth-order valence-corrected chi connectivity index (χ4v) is 2.51. The first-order chi connectivity index (χ1) is 10.9. The molecule has 0 aliphatic carbocycles. The first-order valence-corrected chi connectivity index (χ1v) is 9.75. The molecular formula is C16H27N3O3S. The second-order valence-corrected chi connectivity index (χ2v) is 7.64. The van der Waals surface area contributed by atoms with Crippen LogP contribution in [0.25, 0.3) is 0 Å². The standard InChI is InChI=1S/C16H27N3O3S/c1-5-17-16(19-10-11-23(4,20)21)18-9-8-14-12-13(2)6-7-15(14)22-3/h6-7,12H,5,8-11H2,1-4H3,(H2,17,18,19). The number of nitrogens with zero attached hydrogens (tertiary/aromatic N) is 1. The number of hydrogen-bond acceptors (Lipinski definition) is 4. The van der Waals surface area contributed by atoms with Crippen LogP contribution >= 0.6 is 0 Å². The molecule has 1 rings (SSSR count). The summed E-state index contributed by atoms with van der Waals surface area (Å²) in [6.45, 7) is 5.68. The van der Waals surface area contributed by atoms with E-state index in [0.29, 0.717) is 12.5 Å². The minimum absolute atomic E-state index is 0.0509. The quantitative estimate of drug-likeness (QED) is 0.548. The molecular weight excluding hydrogens is 314 g/mol. The first-order valence-electron chi connectivity index (χ1n) is 7.69. The van der Waals surface area contributed by atoms with Crippen LogP contribution in [0.15, 0.2) is 23.2 Å². The van der Waals surface area contributed by atoms with Gasteiger partial charge in [-0.15, -0.1) is 0 Å². The topological polar surface area (TPSA) is 79.8 Å². The van der Waals surface area contributed by atoms with Gasteiger partial charge in [0.15, 0.2) is 5.96 Å². The van der Waals surface area contributed by atoms with Gasteiger partial charge in [-0.05, 0) is 31.9 Å². The van der Waals surface area contributed by atoms with E-state index in [1.807, 2.05) is 26.0 Å². The van der Waals surface area contributed by atoms with Crippen molar-refractivity contribution in [3.8, 4) is 5.75 Å². The highest BCUT2D eigenvalue weighted by molar-refractivity contribution is 7.90. The number of aryl methyl sites for hydroxylation is 1. The summed E-state index contributed by atoms with van der Waals surface area (Å²) >= 11 is 0. The van der Waals surface area contributed by atoms with E-state index in [4.69, 9.17) is 4.74 Å². The first kappa shape index (κ1) is 19.3. The smallest absolute Gasteiger partial charge is 0.191 e. The summed E-state index contributed by atoms with van der Waals surface area (Å²) in [5, 5.41) is 6.32. The van der Waals surface area contributed by atoms with Crippen molar-refractivity contribution in [2.75, 3.05) is 38.8 Å². The molecule has 6 nitrogen and oxygen atoms in total. The lowest BCUT2D eigenvalue weighted by atomic mass is 10.1. The van der Waals surface area contributed by atoms with Gasteiger partial charge in [0.05, 0.1) is 19.4 Å². The van der Waals surface area contributed by atoms with Crippen molar-refractivity contribution >= 4 is 15.8 Å². The summed E-state index contributed by atoms with van der Waals surface area (Å²) in [6, 6.07) is 6.09. The molecule has 1 aromatic carbocycles. The van der Waals surface area contributed by atoms with Crippen molar-refractivity contribution in [3.63, 3.8) is 0 Å². The molecule has 23 heavy (non-hydrogen) atoms. The zero-order valence-electron chi connectivity index (χ0n) is 14.3. The van der Waals surface area contributed by atoms with E-state index >= 15 is 0 Å². The second kappa shape index (κ2) is 9.39. The molecule has 0 bridgehead atoms. The molecule has 0 radical (unpaired) electrons. The SMILES string of the molecule is CCNC(=NCCS(C)(=O)=O)NCCc1cc(C)ccc1OC. The van der Waals surface area contributed by atoms with Gasteiger partial charge in [0.1, 0.15) is 15.6 Å². The monoisotopic (exact) mass is 341 g/mol. The van der Waals surface area contributed by atoms with Crippen LogP contribution in [0.4, 0.5) is 0 Å². The maximum absolute atomic E-state index is 11.1. The zero-order valence-corrected chi connectivity index (χ0v) is 15.2. The van der Waals surface area contributed by atoms with E-state index in [0.717, 1.165) is 24.3 Å². The molecule has 0 unspecified atom stereocenters. The number of hydrogen-bond donors (Lipinski definition) is 2. The molecule has 0 aliphatic heterocycles. The van der Waals surface area contributed by atoms with E-state index < -0.39 is 9.84 Å². The Morgan fingerprint density at radius 1 is 1.30 bits per heavy atom. The Balaban J connectivity index is 2.59. The Bertz CT molecular complexity index is 627. The number of methoxy groups -OCH3 is 1. The molecule has 0 saturated heterocycles. The average Bonchev–Trinajstić information content (AvgIpc) is 2.46. The number of benzene rings is 1. The Labute approximate surface area is 139 Å². The molecule has 0 aliphatic rings. The number of guanidine groups is 1. The van der Waals surface area contributed by atoms with E-state index in [9.17, 15) is 8.42 Å². The highest BCUT2D eigenvalue weighted by atomic mass is 32.2. The van der Waals surface area contributed by atoms with Crippen LogP contribution in [0.2, 0.25) is 0 Å². The van der Waals surface area contributed by atoms with E-state index in [1.165, 1.54) is 11.8 Å². The van der Waals surface area contributed by atoms with Crippen molar-refractivity contribution in [1.29, 1.82) is 0 Å². The normalized spacial score (nSPS) is 12.1. The highest BCUT2D eigenvalue weighted by Gasteiger charge is 2.05. The van der Waals surface area contributed by atoms with Gasteiger partial charge in [-0.2, -0.15) is 0 Å². The lowest BCUT2D eigenvalue weighted by Crippen LogP contribution is -2.38. The number of rotatable bonds is 8. The van der Waals surface area contributed by atoms with Crippen LogP contribution in [-0.4, -0.2) is 53.1 Å². The molecule has 2 N–H and O–H groups in total. The van der Waals surface area contributed by atoms with Crippen molar-refractivity contribution in [2.24, 2.45) is 4.99 Å². The van der Waals surface area contributed by atoms with Gasteiger partial charge in [-0.1, -0.05) is 17.7 Å². The Morgan fingerprint density at radius 2 is 2.04 bits per heavy atom. The number of nitrogens with one attached hydrogen (secondary N) is 2. The maximum Gasteiger partial charge on any atom is 0.191 e. The lowest BCUT2D eigenvalue weighted by Gasteiger charge is -2.13. The number of sulfone groups is 1. The molecule has 7 heteroatoms. The predicted octanol–water partition coefficient (Wildman–Crippen LogP) is 1.15. The van der Waals surface area contributed by atoms with Gasteiger partial charge in [0.25, 0.3) is 0 Å². The molecule has 0 atom stereocenters. The Hall–Kier alpha value is -1.76. The summed E-state index contributed by atoms with van der Waals surface area (Å²) in [5.41, 5.74) is 2.32. The van der Waals surface area contributed by atoms with E-state index in [-0.39, 0.29) is 12.3 Å². The fourth-order valence-electron chi connectivity index (χ4n) is 2.08. The summed E-state index contributed by atoms with van der Waals surface area (Å²) in [4.78, 5) is 4.27. The van der Waals surface area contributed by atoms with Gasteiger partial charge >= 0.3 is 0 Å². The van der Waals surface area contributed by atoms with Crippen molar-refractivity contribution in [3.05, 3.63) is 29.3 Å². The third-order valence-corrected chi connectivity index (χ3v) is 4.12. The second-order valence-electron chi connectivity index (χ2n) is 5.38. The number of aliphatic imine (C=N–C) groups is 1. The van der Waals surface area contributed by atoms with Gasteiger partial charge in [0.2, 0.25) is 0 Å². The summed E-state index contributed by atoms with van der Waals surface area (Å²) in [6.07, 6.45) is 2.01. The third-order valence-electron chi connectivity index (χ3n) is 3.20. The Morgan fingerprint density at radius 3 is 2.65 bits per heavy atom. The number of ether oxygens (including phenoxy) is 1. The molecule has 0 saturated carbocycles. The van der Waals surface area contributed by atoms with E-state index in [1.54, 1.807) is 7.11 Å². The van der Waals surface area contributed by atoms with Crippen LogP contribution in [0.1, 0.15) is 18.1 Å². The third kappa shape index (κ3) is 7.88. The summed E-state index contributed by atoms with van der Waals surface area (Å²) in [7, 11) is -1.33. The molecule has 0 fully saturated rings. The van der Waals surface area contributed by atoms with Gasteiger partial charge in [0, 0.05) is 19.3 Å². The van der Waals surface area contributed by atoms with Gasteiger partial charge < -0.3 is 15.4 Å². The highest BCUT2D eigenvalue weighted by Crippen LogP contribution is 2.19. The Kier molecular flexibility index (Phi) is 7.88. The van der Waals surface area contributed by atoms with Crippen molar-refractivity contribution < 1.29 is 13.2 Å². The van der Waals surface area contributed by atoms with E-state index in [2.05, 4.69) is 21.7 Å². The van der Waals surface area contributed by atoms with Crippen molar-refractivity contribution in [1.82, 2.24) is 10.6 Å². The minimum Gasteiger partial charge on any atom is -0.496 e. The fraction of sp³-hybridized carbons (Fsp3) is 0.562. The van der Waals surface area contributed by atoms with Crippen LogP contribution in [0, 0.1) is 6.92 Å². The summed E-state index contributed by atoms with van der Waals surface area (Å²) < 4.78 is 27.7. The van der Waals surface area contributed by atoms with Crippen LogP contribution in [0.3, 0.4) is 0 Å². The predicted molar refractivity (Wildman–Crippen MR) is 95.1 cm³/mol. The molecule has 130 valence electrons. The molecule has 0 amide bonds. The van der Waals surface area contributed by atoms with Crippen LogP contribution in [0.5, 0.6) is 5.75 Å². The average molecular weight is 341 g/mol.